The van der Waals surface area contributed by atoms with Crippen LogP contribution in [0.25, 0.3) is 10.8 Å². The van der Waals surface area contributed by atoms with Gasteiger partial charge in [0.25, 0.3) is 0 Å². The molecule has 96 valence electrons. The second-order valence-corrected chi connectivity index (χ2v) is 6.30. The molecule has 2 rings (SSSR count). The van der Waals surface area contributed by atoms with Crippen molar-refractivity contribution in [2.45, 2.75) is 40.2 Å². The molecule has 2 aromatic carbocycles. The van der Waals surface area contributed by atoms with Crippen LogP contribution >= 0.6 is 0 Å². The molecule has 0 saturated heterocycles. The van der Waals surface area contributed by atoms with Gasteiger partial charge in [0.1, 0.15) is 0 Å². The van der Waals surface area contributed by atoms with E-state index in [4.69, 9.17) is 0 Å². The van der Waals surface area contributed by atoms with Crippen LogP contribution in [0, 0.1) is 12.3 Å². The summed E-state index contributed by atoms with van der Waals surface area (Å²) in [6, 6.07) is 12.5. The minimum absolute atomic E-state index is 0.128. The van der Waals surface area contributed by atoms with Crippen LogP contribution in [0.5, 0.6) is 0 Å². The van der Waals surface area contributed by atoms with Crippen LogP contribution in [0.15, 0.2) is 36.4 Å². The number of hydrogen-bond donors (Lipinski definition) is 1. The van der Waals surface area contributed by atoms with Gasteiger partial charge in [-0.05, 0) is 40.7 Å². The summed E-state index contributed by atoms with van der Waals surface area (Å²) >= 11 is 0. The summed E-state index contributed by atoms with van der Waals surface area (Å²) in [5.74, 6) is 0. The highest BCUT2D eigenvalue weighted by Gasteiger charge is 2.20. The minimum atomic E-state index is -0.393. The number of aliphatic hydroxyl groups is 1. The molecule has 18 heavy (non-hydrogen) atoms. The van der Waals surface area contributed by atoms with Crippen molar-refractivity contribution in [3.63, 3.8) is 0 Å². The Balaban J connectivity index is 2.52. The molecular formula is C17H22O. The van der Waals surface area contributed by atoms with Crippen LogP contribution in [-0.4, -0.2) is 5.11 Å². The Bertz CT molecular complexity index is 549. The topological polar surface area (TPSA) is 20.2 Å². The van der Waals surface area contributed by atoms with Gasteiger partial charge in [-0.2, -0.15) is 0 Å². The van der Waals surface area contributed by atoms with E-state index in [1.165, 1.54) is 16.3 Å². The lowest BCUT2D eigenvalue weighted by Crippen LogP contribution is -2.12. The van der Waals surface area contributed by atoms with E-state index in [0.717, 1.165) is 12.0 Å². The molecule has 0 heterocycles. The molecule has 0 saturated carbocycles. The van der Waals surface area contributed by atoms with Gasteiger partial charge < -0.3 is 5.11 Å². The van der Waals surface area contributed by atoms with E-state index in [0.29, 0.717) is 0 Å². The van der Waals surface area contributed by atoms with Gasteiger partial charge in [-0.15, -0.1) is 0 Å². The average molecular weight is 242 g/mol. The lowest BCUT2D eigenvalue weighted by atomic mass is 9.84. The zero-order chi connectivity index (χ0) is 13.3. The molecule has 0 aromatic heterocycles. The van der Waals surface area contributed by atoms with Gasteiger partial charge in [0.15, 0.2) is 0 Å². The first-order valence-electron chi connectivity index (χ1n) is 6.55. The van der Waals surface area contributed by atoms with Gasteiger partial charge in [-0.1, -0.05) is 57.2 Å². The lowest BCUT2D eigenvalue weighted by Gasteiger charge is -2.24. The summed E-state index contributed by atoms with van der Waals surface area (Å²) in [5, 5.41) is 12.9. The van der Waals surface area contributed by atoms with E-state index in [9.17, 15) is 5.11 Å². The molecule has 2 aromatic rings. The monoisotopic (exact) mass is 242 g/mol. The van der Waals surface area contributed by atoms with E-state index >= 15 is 0 Å². The Hall–Kier alpha value is -1.34. The normalized spacial score (nSPS) is 13.8. The maximum Gasteiger partial charge on any atom is 0.0803 e. The third-order valence-corrected chi connectivity index (χ3v) is 3.33. The van der Waals surface area contributed by atoms with Gasteiger partial charge >= 0.3 is 0 Å². The van der Waals surface area contributed by atoms with Crippen LogP contribution in [0.3, 0.4) is 0 Å². The first-order valence-corrected chi connectivity index (χ1v) is 6.55. The van der Waals surface area contributed by atoms with Gasteiger partial charge in [0, 0.05) is 0 Å². The molecule has 1 N–H and O–H groups in total. The molecule has 0 radical (unpaired) electrons. The van der Waals surface area contributed by atoms with Crippen molar-refractivity contribution in [1.29, 1.82) is 0 Å². The number of aryl methyl sites for hydroxylation is 1. The summed E-state index contributed by atoms with van der Waals surface area (Å²) in [6.45, 7) is 8.57. The number of rotatable bonds is 2. The summed E-state index contributed by atoms with van der Waals surface area (Å²) in [5.41, 5.74) is 2.39. The Morgan fingerprint density at radius 2 is 1.72 bits per heavy atom. The highest BCUT2D eigenvalue weighted by atomic mass is 16.3. The number of aliphatic hydroxyl groups excluding tert-OH is 1. The van der Waals surface area contributed by atoms with Crippen molar-refractivity contribution in [2.75, 3.05) is 0 Å². The van der Waals surface area contributed by atoms with Crippen molar-refractivity contribution in [3.05, 3.63) is 47.5 Å². The second-order valence-electron chi connectivity index (χ2n) is 6.30. The molecular weight excluding hydrogens is 220 g/mol. The summed E-state index contributed by atoms with van der Waals surface area (Å²) in [4.78, 5) is 0. The summed E-state index contributed by atoms with van der Waals surface area (Å²) in [6.07, 6.45) is 0.387. The van der Waals surface area contributed by atoms with Crippen molar-refractivity contribution >= 4 is 10.8 Å². The fourth-order valence-electron chi connectivity index (χ4n) is 2.53. The first-order chi connectivity index (χ1) is 8.38. The third-order valence-electron chi connectivity index (χ3n) is 3.33. The van der Waals surface area contributed by atoms with Crippen molar-refractivity contribution in [2.24, 2.45) is 5.41 Å². The van der Waals surface area contributed by atoms with Crippen LogP contribution in [-0.2, 0) is 0 Å². The fraction of sp³-hybridized carbons (Fsp3) is 0.412. The van der Waals surface area contributed by atoms with Crippen molar-refractivity contribution in [1.82, 2.24) is 0 Å². The molecule has 1 nitrogen and oxygen atoms in total. The van der Waals surface area contributed by atoms with E-state index in [2.05, 4.69) is 52.0 Å². The summed E-state index contributed by atoms with van der Waals surface area (Å²) < 4.78 is 0. The van der Waals surface area contributed by atoms with E-state index < -0.39 is 6.10 Å². The third kappa shape index (κ3) is 2.73. The largest absolute Gasteiger partial charge is 0.388 e. The van der Waals surface area contributed by atoms with E-state index in [1.807, 2.05) is 12.1 Å². The minimum Gasteiger partial charge on any atom is -0.388 e. The van der Waals surface area contributed by atoms with Gasteiger partial charge in [-0.3, -0.25) is 0 Å². The molecule has 0 aliphatic heterocycles. The maximum atomic E-state index is 10.5. The highest BCUT2D eigenvalue weighted by Crippen LogP contribution is 2.34. The molecule has 1 heteroatoms. The molecule has 0 aliphatic carbocycles. The lowest BCUT2D eigenvalue weighted by molar-refractivity contribution is 0.123. The molecule has 1 unspecified atom stereocenters. The Labute approximate surface area is 109 Å². The van der Waals surface area contributed by atoms with Gasteiger partial charge in [-0.25, -0.2) is 0 Å². The Morgan fingerprint density at radius 3 is 2.39 bits per heavy atom. The summed E-state index contributed by atoms with van der Waals surface area (Å²) in [7, 11) is 0. The van der Waals surface area contributed by atoms with Crippen molar-refractivity contribution in [3.8, 4) is 0 Å². The highest BCUT2D eigenvalue weighted by molar-refractivity contribution is 5.87. The fourth-order valence-corrected chi connectivity index (χ4v) is 2.53. The number of fused-ring (bicyclic) bond motifs is 1. The van der Waals surface area contributed by atoms with E-state index in [1.54, 1.807) is 0 Å². The van der Waals surface area contributed by atoms with Crippen LogP contribution in [0.2, 0.25) is 0 Å². The van der Waals surface area contributed by atoms with E-state index in [-0.39, 0.29) is 5.41 Å². The van der Waals surface area contributed by atoms with Crippen LogP contribution < -0.4 is 0 Å². The zero-order valence-corrected chi connectivity index (χ0v) is 11.7. The van der Waals surface area contributed by atoms with Crippen LogP contribution in [0.4, 0.5) is 0 Å². The molecule has 0 amide bonds. The Morgan fingerprint density at radius 1 is 1.06 bits per heavy atom. The predicted octanol–water partition coefficient (Wildman–Crippen LogP) is 4.62. The smallest absolute Gasteiger partial charge is 0.0803 e. The standard InChI is InChI=1S/C17H22O/c1-12-9-10-13-7-5-6-8-14(13)16(12)15(18)11-17(2,3)4/h5-10,15,18H,11H2,1-4H3. The molecule has 0 bridgehead atoms. The maximum absolute atomic E-state index is 10.5. The zero-order valence-electron chi connectivity index (χ0n) is 11.7. The number of benzene rings is 2. The second kappa shape index (κ2) is 4.74. The SMILES string of the molecule is Cc1ccc2ccccc2c1C(O)CC(C)(C)C. The number of hydrogen-bond acceptors (Lipinski definition) is 1. The predicted molar refractivity (Wildman–Crippen MR) is 77.7 cm³/mol. The van der Waals surface area contributed by atoms with Crippen LogP contribution in [0.1, 0.15) is 44.4 Å². The van der Waals surface area contributed by atoms with Gasteiger partial charge in [0.05, 0.1) is 6.10 Å². The molecule has 0 aliphatic rings. The molecule has 0 spiro atoms. The Kier molecular flexibility index (Phi) is 3.45. The first kappa shape index (κ1) is 13.1. The van der Waals surface area contributed by atoms with Gasteiger partial charge in [0.2, 0.25) is 0 Å². The quantitative estimate of drug-likeness (QED) is 0.814. The molecule has 1 atom stereocenters. The molecule has 0 fully saturated rings. The van der Waals surface area contributed by atoms with Crippen molar-refractivity contribution < 1.29 is 5.11 Å². The average Bonchev–Trinajstić information content (AvgIpc) is 2.26.